The molecule has 0 rings (SSSR count). The van der Waals surface area contributed by atoms with E-state index in [1.165, 1.54) is 0 Å². The summed E-state index contributed by atoms with van der Waals surface area (Å²) in [5.74, 6) is 0. The van der Waals surface area contributed by atoms with Crippen LogP contribution in [0.25, 0.3) is 0 Å². The molecular weight excluding hydrogens is 285 g/mol. The summed E-state index contributed by atoms with van der Waals surface area (Å²) >= 11 is 0. The second kappa shape index (κ2) is 9.18. The van der Waals surface area contributed by atoms with Gasteiger partial charge in [-0.05, 0) is 0 Å². The average Bonchev–Trinajstić information content (AvgIpc) is 1.41. The van der Waals surface area contributed by atoms with Crippen LogP contribution in [0.15, 0.2) is 0 Å². The Hall–Kier alpha value is 0.121. The average molecular weight is 287 g/mol. The summed E-state index contributed by atoms with van der Waals surface area (Å²) in [5.41, 5.74) is 0. The van der Waals surface area contributed by atoms with E-state index in [-0.39, 0.29) is 23.1 Å². The Labute approximate surface area is 97.2 Å². The molecule has 0 spiro atoms. The molecule has 0 radical (unpaired) electrons. The van der Waals surface area contributed by atoms with Crippen molar-refractivity contribution in [3.05, 3.63) is 0 Å². The Bertz CT molecular complexity index is 91.3. The first-order chi connectivity index (χ1) is 6.00. The number of rotatable bonds is 0. The van der Waals surface area contributed by atoms with Crippen LogP contribution in [-0.2, 0) is 0 Å². The van der Waals surface area contributed by atoms with Crippen molar-refractivity contribution in [3.8, 4) is 0 Å². The zero-order valence-corrected chi connectivity index (χ0v) is 6.27. The van der Waals surface area contributed by atoms with E-state index in [1.807, 2.05) is 0 Å². The van der Waals surface area contributed by atoms with Gasteiger partial charge >= 0.3 is 44.8 Å². The highest BCUT2D eigenvalue weighted by molar-refractivity contribution is 6.50. The number of halogens is 12. The molecule has 0 nitrogen and oxygen atoms in total. The third kappa shape index (κ3) is 166000. The van der Waals surface area contributed by atoms with E-state index in [4.69, 9.17) is 0 Å². The fraction of sp³-hybridized carbons (Fsp3) is 0. The maximum atomic E-state index is 9.75. The van der Waals surface area contributed by atoms with Gasteiger partial charge in [-0.15, -0.1) is 0 Å². The van der Waals surface area contributed by atoms with E-state index in [0.29, 0.717) is 0 Å². The molecule has 0 aliphatic heterocycles. The van der Waals surface area contributed by atoms with Crippen molar-refractivity contribution in [1.82, 2.24) is 0 Å². The second-order valence-electron chi connectivity index (χ2n) is 1.48. The first-order valence-electron chi connectivity index (χ1n) is 2.62. The molecule has 0 saturated heterocycles. The molecule has 0 aromatic heterocycles. The molecule has 100 valence electrons. The van der Waals surface area contributed by atoms with Crippen molar-refractivity contribution >= 4 is 44.8 Å². The van der Waals surface area contributed by atoms with Gasteiger partial charge in [0.1, 0.15) is 0 Å². The minimum atomic E-state index is -6.00. The van der Waals surface area contributed by atoms with Crippen LogP contribution in [0.4, 0.5) is 51.8 Å². The minimum Gasteiger partial charge on any atom is -0.418 e. The smallest absolute Gasteiger partial charge is 0.418 e. The van der Waals surface area contributed by atoms with Gasteiger partial charge in [0.2, 0.25) is 0 Å². The maximum absolute atomic E-state index is 9.75. The van der Waals surface area contributed by atoms with Crippen LogP contribution in [0.3, 0.4) is 0 Å². The molecule has 0 heterocycles. The van der Waals surface area contributed by atoms with E-state index < -0.39 is 21.8 Å². The predicted molar refractivity (Wildman–Crippen MR) is 39.1 cm³/mol. The predicted octanol–water partition coefficient (Wildman–Crippen LogP) is 2.98. The first-order valence-corrected chi connectivity index (χ1v) is 2.62. The Morgan fingerprint density at radius 3 is 0.312 bits per heavy atom. The van der Waals surface area contributed by atoms with E-state index in [9.17, 15) is 51.8 Å². The van der Waals surface area contributed by atoms with Gasteiger partial charge in [-0.2, -0.15) is 0 Å². The molecular formula is H2B3F12Mg-3. The molecule has 16 heteroatoms. The van der Waals surface area contributed by atoms with Crippen molar-refractivity contribution in [2.24, 2.45) is 0 Å². The summed E-state index contributed by atoms with van der Waals surface area (Å²) in [6, 6.07) is 0. The summed E-state index contributed by atoms with van der Waals surface area (Å²) in [5, 5.41) is 0. The van der Waals surface area contributed by atoms with Crippen molar-refractivity contribution in [1.29, 1.82) is 0 Å². The van der Waals surface area contributed by atoms with Gasteiger partial charge in [-0.3, -0.25) is 0 Å². The fourth-order valence-corrected chi connectivity index (χ4v) is 0. The van der Waals surface area contributed by atoms with E-state index >= 15 is 0 Å². The molecule has 0 amide bonds. The SMILES string of the molecule is F[B-](F)(F)F.F[B-](F)(F)F.F[B-](F)(F)F.[MgH2]. The van der Waals surface area contributed by atoms with Crippen LogP contribution in [0, 0.1) is 0 Å². The van der Waals surface area contributed by atoms with E-state index in [0.717, 1.165) is 0 Å². The van der Waals surface area contributed by atoms with Crippen LogP contribution in [0.1, 0.15) is 0 Å². The number of hydrogen-bond acceptors (Lipinski definition) is 0. The molecule has 0 unspecified atom stereocenters. The van der Waals surface area contributed by atoms with E-state index in [1.54, 1.807) is 0 Å². The maximum Gasteiger partial charge on any atom is 0.673 e. The van der Waals surface area contributed by atoms with Crippen LogP contribution < -0.4 is 0 Å². The quantitative estimate of drug-likeness (QED) is 0.474. The number of hydrogen-bond donors (Lipinski definition) is 0. The van der Waals surface area contributed by atoms with Crippen LogP contribution in [0.5, 0.6) is 0 Å². The van der Waals surface area contributed by atoms with Gasteiger partial charge in [-0.1, -0.05) is 0 Å². The molecule has 0 aromatic rings. The zero-order chi connectivity index (χ0) is 13.5. The topological polar surface area (TPSA) is 0 Å². The Morgan fingerprint density at radius 2 is 0.312 bits per heavy atom. The van der Waals surface area contributed by atoms with Crippen molar-refractivity contribution in [2.45, 2.75) is 0 Å². The summed E-state index contributed by atoms with van der Waals surface area (Å²) in [6.07, 6.45) is 0. The lowest BCUT2D eigenvalue weighted by Gasteiger charge is -1.94. The molecule has 0 aliphatic rings. The molecule has 0 saturated carbocycles. The molecule has 0 aromatic carbocycles. The Morgan fingerprint density at radius 1 is 0.312 bits per heavy atom. The zero-order valence-electron chi connectivity index (χ0n) is 6.27. The van der Waals surface area contributed by atoms with Crippen molar-refractivity contribution in [2.75, 3.05) is 0 Å². The van der Waals surface area contributed by atoms with Crippen molar-refractivity contribution in [3.63, 3.8) is 0 Å². The standard InChI is InChI=1S/3BF4.Mg.2H/c3*2-1(3,4)5;;;/q3*-1;;;. The normalized spacial score (nSPS) is 11.2. The second-order valence-corrected chi connectivity index (χ2v) is 1.48. The van der Waals surface area contributed by atoms with Crippen molar-refractivity contribution < 1.29 is 51.8 Å². The lowest BCUT2D eigenvalue weighted by atomic mass is 10.3. The lowest BCUT2D eigenvalue weighted by Crippen LogP contribution is -2.02. The Balaban J connectivity index is -0.0000000655. The van der Waals surface area contributed by atoms with Crippen LogP contribution in [-0.4, -0.2) is 44.8 Å². The van der Waals surface area contributed by atoms with Crippen LogP contribution >= 0.6 is 0 Å². The molecule has 0 fully saturated rings. The third-order valence-electron chi connectivity index (χ3n) is 0. The summed E-state index contributed by atoms with van der Waals surface area (Å²) in [4.78, 5) is 0. The fourth-order valence-electron chi connectivity index (χ4n) is 0. The van der Waals surface area contributed by atoms with Gasteiger partial charge in [0, 0.05) is 0 Å². The highest BCUT2D eigenvalue weighted by atomic mass is 24.3. The van der Waals surface area contributed by atoms with Crippen LogP contribution in [0.2, 0.25) is 0 Å². The molecule has 0 bridgehead atoms. The molecule has 0 atom stereocenters. The summed E-state index contributed by atoms with van der Waals surface area (Å²) in [7, 11) is -18.0. The van der Waals surface area contributed by atoms with E-state index in [2.05, 4.69) is 0 Å². The summed E-state index contributed by atoms with van der Waals surface area (Å²) < 4.78 is 117. The van der Waals surface area contributed by atoms with Gasteiger partial charge in [0.25, 0.3) is 0 Å². The molecule has 0 aliphatic carbocycles. The molecule has 16 heavy (non-hydrogen) atoms. The van der Waals surface area contributed by atoms with Gasteiger partial charge < -0.3 is 51.8 Å². The van der Waals surface area contributed by atoms with Gasteiger partial charge in [-0.25, -0.2) is 0 Å². The highest BCUT2D eigenvalue weighted by Gasteiger charge is 2.21. The third-order valence-corrected chi connectivity index (χ3v) is 0. The molecule has 0 N–H and O–H groups in total. The Kier molecular flexibility index (Phi) is 14.4. The summed E-state index contributed by atoms with van der Waals surface area (Å²) in [6.45, 7) is 0. The monoisotopic (exact) mass is 287 g/mol. The van der Waals surface area contributed by atoms with Gasteiger partial charge in [0.05, 0.1) is 0 Å². The van der Waals surface area contributed by atoms with Gasteiger partial charge in [0.15, 0.2) is 0 Å². The lowest BCUT2D eigenvalue weighted by molar-refractivity contribution is 0.366. The largest absolute Gasteiger partial charge is 0.673 e. The highest BCUT2D eigenvalue weighted by Crippen LogP contribution is 2.07. The first kappa shape index (κ1) is 25.1. The minimum absolute atomic E-state index is 0.